The molecule has 2 amide bonds. The van der Waals surface area contributed by atoms with E-state index >= 15 is 0 Å². The molecule has 3 N–H and O–H groups in total. The normalized spacial score (nSPS) is 21.6. The van der Waals surface area contributed by atoms with Gasteiger partial charge < -0.3 is 15.1 Å². The number of rotatable bonds is 7. The maximum absolute atomic E-state index is 11.7. The average molecular weight is 477 g/mol. The quantitative estimate of drug-likeness (QED) is 0.435. The van der Waals surface area contributed by atoms with E-state index in [-0.39, 0.29) is 11.3 Å². The van der Waals surface area contributed by atoms with Crippen molar-refractivity contribution in [3.05, 3.63) is 65.2 Å². The number of nitrogens with zero attached hydrogens (tertiary/aromatic N) is 3. The number of amides is 2. The van der Waals surface area contributed by atoms with E-state index in [4.69, 9.17) is 4.42 Å². The highest BCUT2D eigenvalue weighted by Crippen LogP contribution is 2.26. The second-order valence-corrected chi connectivity index (χ2v) is 9.24. The van der Waals surface area contributed by atoms with E-state index in [1.807, 2.05) is 30.3 Å². The van der Waals surface area contributed by atoms with Crippen LogP contribution in [0.5, 0.6) is 0 Å². The van der Waals surface area contributed by atoms with Gasteiger partial charge in [-0.2, -0.15) is 0 Å². The molecule has 10 heteroatoms. The van der Waals surface area contributed by atoms with Crippen LogP contribution in [0.2, 0.25) is 0 Å². The molecule has 1 aliphatic heterocycles. The summed E-state index contributed by atoms with van der Waals surface area (Å²) in [5.74, 6) is 0.908. The molecular weight excluding hydrogens is 452 g/mol. The number of pyridine rings is 1. The summed E-state index contributed by atoms with van der Waals surface area (Å²) in [5, 5.41) is 8.91. The summed E-state index contributed by atoms with van der Waals surface area (Å²) >= 11 is 0.878. The van der Waals surface area contributed by atoms with Crippen LogP contribution in [-0.4, -0.2) is 38.2 Å². The van der Waals surface area contributed by atoms with Gasteiger partial charge in [-0.3, -0.25) is 14.9 Å². The summed E-state index contributed by atoms with van der Waals surface area (Å²) in [6.07, 6.45) is 8.99. The van der Waals surface area contributed by atoms with Gasteiger partial charge in [0.2, 0.25) is 5.95 Å². The van der Waals surface area contributed by atoms with Crippen LogP contribution in [0.4, 0.5) is 10.7 Å². The maximum atomic E-state index is 11.7. The van der Waals surface area contributed by atoms with E-state index in [0.717, 1.165) is 54.6 Å². The summed E-state index contributed by atoms with van der Waals surface area (Å²) in [6.45, 7) is 0.714. The second kappa shape index (κ2) is 10.2. The van der Waals surface area contributed by atoms with E-state index in [1.54, 1.807) is 24.6 Å². The molecule has 3 aromatic rings. The molecular formula is C24H24N6O3S. The van der Waals surface area contributed by atoms with Crippen molar-refractivity contribution in [1.82, 2.24) is 25.6 Å². The van der Waals surface area contributed by atoms with Gasteiger partial charge in [0, 0.05) is 24.8 Å². The van der Waals surface area contributed by atoms with Gasteiger partial charge in [-0.1, -0.05) is 6.07 Å². The van der Waals surface area contributed by atoms with Gasteiger partial charge in [-0.25, -0.2) is 15.0 Å². The van der Waals surface area contributed by atoms with Crippen molar-refractivity contribution < 1.29 is 14.0 Å². The van der Waals surface area contributed by atoms with Crippen LogP contribution in [0.3, 0.4) is 0 Å². The predicted molar refractivity (Wildman–Crippen MR) is 130 cm³/mol. The molecule has 2 fully saturated rings. The fourth-order valence-electron chi connectivity index (χ4n) is 4.09. The molecule has 1 saturated heterocycles. The molecule has 0 unspecified atom stereocenters. The molecule has 1 aliphatic carbocycles. The lowest BCUT2D eigenvalue weighted by Crippen LogP contribution is -2.37. The number of carbonyl (C=O) groups is 2. The number of thioether (sulfide) groups is 1. The maximum Gasteiger partial charge on any atom is 0.290 e. The van der Waals surface area contributed by atoms with Gasteiger partial charge in [-0.05, 0) is 73.9 Å². The zero-order chi connectivity index (χ0) is 23.3. The Kier molecular flexibility index (Phi) is 6.68. The van der Waals surface area contributed by atoms with Gasteiger partial charge in [0.25, 0.3) is 11.1 Å². The Morgan fingerprint density at radius 3 is 2.68 bits per heavy atom. The highest BCUT2D eigenvalue weighted by Gasteiger charge is 2.25. The Bertz CT molecular complexity index is 1200. The van der Waals surface area contributed by atoms with Crippen molar-refractivity contribution in [1.29, 1.82) is 0 Å². The van der Waals surface area contributed by atoms with E-state index in [1.165, 1.54) is 0 Å². The summed E-state index contributed by atoms with van der Waals surface area (Å²) < 4.78 is 5.44. The Morgan fingerprint density at radius 1 is 1.06 bits per heavy atom. The number of carbonyl (C=O) groups excluding carboxylic acids is 2. The zero-order valence-corrected chi connectivity index (χ0v) is 19.2. The lowest BCUT2D eigenvalue weighted by Gasteiger charge is -2.29. The van der Waals surface area contributed by atoms with Crippen molar-refractivity contribution in [2.75, 3.05) is 5.32 Å². The van der Waals surface area contributed by atoms with Gasteiger partial charge in [0.05, 0.1) is 22.6 Å². The van der Waals surface area contributed by atoms with Crippen molar-refractivity contribution in [2.24, 2.45) is 0 Å². The fraction of sp³-hybridized carbons (Fsp3) is 0.292. The van der Waals surface area contributed by atoms with Crippen molar-refractivity contribution in [3.8, 4) is 11.5 Å². The van der Waals surface area contributed by atoms with Crippen molar-refractivity contribution in [2.45, 2.75) is 44.3 Å². The van der Waals surface area contributed by atoms with Gasteiger partial charge in [0.1, 0.15) is 5.69 Å². The molecule has 0 atom stereocenters. The smallest absolute Gasteiger partial charge is 0.290 e. The SMILES string of the molecule is O=C1NC(=O)/C(=C/c2ccnc(N[C@H]3CC[C@H](NCc4cccc(-c5ccco5)n4)CC3)n2)S1. The number of hydrogen-bond donors (Lipinski definition) is 3. The number of aromatic nitrogens is 3. The van der Waals surface area contributed by atoms with Crippen molar-refractivity contribution in [3.63, 3.8) is 0 Å². The highest BCUT2D eigenvalue weighted by molar-refractivity contribution is 8.18. The van der Waals surface area contributed by atoms with Crippen LogP contribution in [0.25, 0.3) is 17.5 Å². The standard InChI is InChI=1S/C24H24N6O3S/c31-22-21(34-24(32)30-22)13-17-10-11-25-23(29-17)28-16-8-6-15(7-9-16)26-14-18-3-1-4-19(27-18)20-5-2-12-33-20/h1-5,10-13,15-16,26H,6-9,14H2,(H,25,28,29)(H,30,31,32)/b21-13-/t15-,16-. The minimum absolute atomic E-state index is 0.284. The van der Waals surface area contributed by atoms with Gasteiger partial charge in [-0.15, -0.1) is 0 Å². The van der Waals surface area contributed by atoms with Gasteiger partial charge in [0.15, 0.2) is 5.76 Å². The van der Waals surface area contributed by atoms with E-state index in [2.05, 4.69) is 30.9 Å². The molecule has 2 aliphatic rings. The predicted octanol–water partition coefficient (Wildman–Crippen LogP) is 3.97. The van der Waals surface area contributed by atoms with Gasteiger partial charge >= 0.3 is 0 Å². The third kappa shape index (κ3) is 5.52. The lowest BCUT2D eigenvalue weighted by molar-refractivity contribution is -0.115. The minimum Gasteiger partial charge on any atom is -0.463 e. The Balaban J connectivity index is 1.11. The van der Waals surface area contributed by atoms with Crippen LogP contribution in [0.1, 0.15) is 37.1 Å². The molecule has 174 valence electrons. The van der Waals surface area contributed by atoms with Crippen LogP contribution in [-0.2, 0) is 11.3 Å². The second-order valence-electron chi connectivity index (χ2n) is 8.22. The molecule has 4 heterocycles. The first-order valence-electron chi connectivity index (χ1n) is 11.2. The third-order valence-electron chi connectivity index (χ3n) is 5.81. The third-order valence-corrected chi connectivity index (χ3v) is 6.62. The number of furan rings is 1. The highest BCUT2D eigenvalue weighted by atomic mass is 32.2. The summed E-state index contributed by atoms with van der Waals surface area (Å²) in [7, 11) is 0. The zero-order valence-electron chi connectivity index (χ0n) is 18.4. The monoisotopic (exact) mass is 476 g/mol. The topological polar surface area (TPSA) is 122 Å². The fourth-order valence-corrected chi connectivity index (χ4v) is 4.76. The number of imide groups is 1. The lowest BCUT2D eigenvalue weighted by atomic mass is 9.91. The molecule has 1 saturated carbocycles. The largest absolute Gasteiger partial charge is 0.463 e. The first kappa shape index (κ1) is 22.3. The van der Waals surface area contributed by atoms with Crippen molar-refractivity contribution >= 4 is 34.9 Å². The molecule has 0 radical (unpaired) electrons. The Hall–Kier alpha value is -3.50. The molecule has 9 nitrogen and oxygen atoms in total. The number of nitrogens with one attached hydrogen (secondary N) is 3. The first-order chi connectivity index (χ1) is 16.6. The number of anilines is 1. The first-order valence-corrected chi connectivity index (χ1v) is 12.0. The summed E-state index contributed by atoms with van der Waals surface area (Å²) in [5.41, 5.74) is 2.42. The summed E-state index contributed by atoms with van der Waals surface area (Å²) in [6, 6.07) is 12.2. The number of hydrogen-bond acceptors (Lipinski definition) is 9. The molecule has 0 spiro atoms. The Labute approximate surface area is 200 Å². The van der Waals surface area contributed by atoms with Crippen LogP contribution in [0, 0.1) is 0 Å². The molecule has 34 heavy (non-hydrogen) atoms. The van der Waals surface area contributed by atoms with E-state index < -0.39 is 5.91 Å². The van der Waals surface area contributed by atoms with Crippen LogP contribution in [0.15, 0.2) is 58.2 Å². The molecule has 5 rings (SSSR count). The van der Waals surface area contributed by atoms with E-state index in [0.29, 0.717) is 29.1 Å². The molecule has 0 bridgehead atoms. The minimum atomic E-state index is -0.392. The molecule has 3 aromatic heterocycles. The molecule has 0 aromatic carbocycles. The average Bonchev–Trinajstić information content (AvgIpc) is 3.49. The summed E-state index contributed by atoms with van der Waals surface area (Å²) in [4.78, 5) is 36.9. The van der Waals surface area contributed by atoms with Crippen LogP contribution >= 0.6 is 11.8 Å². The van der Waals surface area contributed by atoms with E-state index in [9.17, 15) is 9.59 Å². The van der Waals surface area contributed by atoms with Crippen LogP contribution < -0.4 is 16.0 Å². The Morgan fingerprint density at radius 2 is 1.91 bits per heavy atom.